The summed E-state index contributed by atoms with van der Waals surface area (Å²) in [5.41, 5.74) is 1.39. The Bertz CT molecular complexity index is 238. The van der Waals surface area contributed by atoms with Crippen LogP contribution in [0.1, 0.15) is 6.92 Å². The molecule has 0 bridgehead atoms. The molecule has 1 aliphatic rings. The van der Waals surface area contributed by atoms with Gasteiger partial charge in [0.15, 0.2) is 0 Å². The van der Waals surface area contributed by atoms with Gasteiger partial charge in [0, 0.05) is 13.1 Å². The zero-order chi connectivity index (χ0) is 9.68. The molecule has 1 aliphatic carbocycles. The molecule has 0 spiro atoms. The smallest absolute Gasteiger partial charge is 0.0501 e. The fourth-order valence-electron chi connectivity index (χ4n) is 1.61. The average Bonchev–Trinajstić information content (AvgIpc) is 2.51. The van der Waals surface area contributed by atoms with Crippen molar-refractivity contribution in [2.75, 3.05) is 13.1 Å². The van der Waals surface area contributed by atoms with Crippen LogP contribution in [0.4, 0.5) is 0 Å². The van der Waals surface area contributed by atoms with Crippen molar-refractivity contribution in [3.05, 3.63) is 49.1 Å². The molecule has 0 N–H and O–H groups in total. The van der Waals surface area contributed by atoms with Gasteiger partial charge in [0.2, 0.25) is 0 Å². The quantitative estimate of drug-likeness (QED) is 0.580. The second-order valence-electron chi connectivity index (χ2n) is 3.27. The number of hydrogen-bond donors (Lipinski definition) is 0. The van der Waals surface area contributed by atoms with E-state index in [-0.39, 0.29) is 0 Å². The molecule has 1 rings (SSSR count). The van der Waals surface area contributed by atoms with Gasteiger partial charge < -0.3 is 0 Å². The summed E-state index contributed by atoms with van der Waals surface area (Å²) in [6.45, 7) is 11.5. The number of rotatable bonds is 5. The Kier molecular flexibility index (Phi) is 3.71. The molecule has 0 fully saturated rings. The van der Waals surface area contributed by atoms with Crippen molar-refractivity contribution in [1.82, 2.24) is 4.90 Å². The molecular weight excluding hydrogens is 158 g/mol. The van der Waals surface area contributed by atoms with Crippen molar-refractivity contribution >= 4 is 0 Å². The molecule has 0 saturated carbocycles. The Balaban J connectivity index is 2.63. The van der Waals surface area contributed by atoms with E-state index in [1.54, 1.807) is 0 Å². The van der Waals surface area contributed by atoms with Gasteiger partial charge in [-0.2, -0.15) is 0 Å². The zero-order valence-electron chi connectivity index (χ0n) is 8.24. The van der Waals surface area contributed by atoms with Crippen LogP contribution in [0.3, 0.4) is 0 Å². The van der Waals surface area contributed by atoms with Gasteiger partial charge in [0.1, 0.15) is 0 Å². The largest absolute Gasteiger partial charge is 0.286 e. The molecule has 0 aromatic heterocycles. The van der Waals surface area contributed by atoms with Gasteiger partial charge in [-0.05, 0) is 6.92 Å². The summed E-state index contributed by atoms with van der Waals surface area (Å²) >= 11 is 0. The van der Waals surface area contributed by atoms with Gasteiger partial charge >= 0.3 is 0 Å². The maximum absolute atomic E-state index is 3.76. The third-order valence-corrected chi connectivity index (χ3v) is 2.24. The van der Waals surface area contributed by atoms with Crippen molar-refractivity contribution in [3.63, 3.8) is 0 Å². The van der Waals surface area contributed by atoms with Gasteiger partial charge in [0.25, 0.3) is 0 Å². The molecule has 1 heteroatoms. The number of nitrogens with zero attached hydrogens (tertiary/aromatic N) is 1. The summed E-state index contributed by atoms with van der Waals surface area (Å²) in [6, 6.07) is 0.441. The molecule has 0 aliphatic heterocycles. The Labute approximate surface area is 80.7 Å². The van der Waals surface area contributed by atoms with Gasteiger partial charge in [-0.1, -0.05) is 36.0 Å². The molecule has 0 amide bonds. The van der Waals surface area contributed by atoms with E-state index in [4.69, 9.17) is 0 Å². The van der Waals surface area contributed by atoms with E-state index in [0.717, 1.165) is 13.1 Å². The minimum atomic E-state index is 0.441. The second kappa shape index (κ2) is 4.83. The lowest BCUT2D eigenvalue weighted by molar-refractivity contribution is 0.311. The van der Waals surface area contributed by atoms with Crippen LogP contribution in [-0.2, 0) is 0 Å². The van der Waals surface area contributed by atoms with E-state index in [1.165, 1.54) is 5.57 Å². The van der Waals surface area contributed by atoms with E-state index in [1.807, 2.05) is 12.2 Å². The maximum atomic E-state index is 3.76. The Morgan fingerprint density at radius 2 is 2.00 bits per heavy atom. The van der Waals surface area contributed by atoms with Crippen LogP contribution in [0, 0.1) is 0 Å². The highest BCUT2D eigenvalue weighted by atomic mass is 15.1. The summed E-state index contributed by atoms with van der Waals surface area (Å²) in [4.78, 5) is 2.33. The molecule has 1 nitrogen and oxygen atoms in total. The van der Waals surface area contributed by atoms with Crippen molar-refractivity contribution in [3.8, 4) is 0 Å². The van der Waals surface area contributed by atoms with Crippen molar-refractivity contribution in [2.24, 2.45) is 0 Å². The normalized spacial score (nSPS) is 20.5. The lowest BCUT2D eigenvalue weighted by atomic mass is 10.1. The van der Waals surface area contributed by atoms with Crippen LogP contribution in [0.2, 0.25) is 0 Å². The fourth-order valence-corrected chi connectivity index (χ4v) is 1.61. The van der Waals surface area contributed by atoms with Crippen molar-refractivity contribution < 1.29 is 0 Å². The van der Waals surface area contributed by atoms with Gasteiger partial charge in [-0.3, -0.25) is 4.90 Å². The van der Waals surface area contributed by atoms with Crippen LogP contribution in [0.15, 0.2) is 49.1 Å². The van der Waals surface area contributed by atoms with E-state index < -0.39 is 0 Å². The van der Waals surface area contributed by atoms with Gasteiger partial charge in [-0.25, -0.2) is 0 Å². The van der Waals surface area contributed by atoms with Gasteiger partial charge in [-0.15, -0.1) is 13.2 Å². The molecule has 0 heterocycles. The highest BCUT2D eigenvalue weighted by Gasteiger charge is 2.16. The first-order chi connectivity index (χ1) is 6.29. The zero-order valence-corrected chi connectivity index (χ0v) is 8.24. The Morgan fingerprint density at radius 1 is 1.38 bits per heavy atom. The molecule has 0 aromatic rings. The van der Waals surface area contributed by atoms with Gasteiger partial charge in [0.05, 0.1) is 6.04 Å². The van der Waals surface area contributed by atoms with E-state index >= 15 is 0 Å². The third kappa shape index (κ3) is 2.43. The molecule has 1 unspecified atom stereocenters. The van der Waals surface area contributed by atoms with Crippen LogP contribution in [0.5, 0.6) is 0 Å². The van der Waals surface area contributed by atoms with E-state index in [0.29, 0.717) is 6.04 Å². The SMILES string of the molecule is C=CCN(CC=C)C1C=CC=C1C. The summed E-state index contributed by atoms with van der Waals surface area (Å²) in [5.74, 6) is 0. The van der Waals surface area contributed by atoms with Crippen LogP contribution in [0.25, 0.3) is 0 Å². The Hall–Kier alpha value is -1.08. The van der Waals surface area contributed by atoms with E-state index in [2.05, 4.69) is 43.2 Å². The first-order valence-electron chi connectivity index (χ1n) is 4.60. The lowest BCUT2D eigenvalue weighted by Crippen LogP contribution is -2.34. The van der Waals surface area contributed by atoms with Crippen LogP contribution < -0.4 is 0 Å². The molecule has 70 valence electrons. The highest BCUT2D eigenvalue weighted by Crippen LogP contribution is 2.17. The Morgan fingerprint density at radius 3 is 2.38 bits per heavy atom. The second-order valence-corrected chi connectivity index (χ2v) is 3.27. The summed E-state index contributed by atoms with van der Waals surface area (Å²) in [7, 11) is 0. The molecule has 0 aromatic carbocycles. The summed E-state index contributed by atoms with van der Waals surface area (Å²) in [6.07, 6.45) is 10.3. The molecule has 1 atom stereocenters. The standard InChI is InChI=1S/C12H17N/c1-4-9-13(10-5-2)12-8-6-7-11(12)3/h4-8,12H,1-2,9-10H2,3H3. The summed E-state index contributed by atoms with van der Waals surface area (Å²) in [5, 5.41) is 0. The average molecular weight is 175 g/mol. The minimum absolute atomic E-state index is 0.441. The molecule has 0 radical (unpaired) electrons. The van der Waals surface area contributed by atoms with Crippen molar-refractivity contribution in [2.45, 2.75) is 13.0 Å². The fraction of sp³-hybridized carbons (Fsp3) is 0.333. The van der Waals surface area contributed by atoms with E-state index in [9.17, 15) is 0 Å². The predicted molar refractivity (Wildman–Crippen MR) is 58.7 cm³/mol. The lowest BCUT2D eigenvalue weighted by Gasteiger charge is -2.26. The molecular formula is C12H17N. The first-order valence-corrected chi connectivity index (χ1v) is 4.60. The molecule has 0 saturated heterocycles. The number of allylic oxidation sites excluding steroid dienone is 2. The van der Waals surface area contributed by atoms with Crippen LogP contribution in [-0.4, -0.2) is 24.0 Å². The predicted octanol–water partition coefficient (Wildman–Crippen LogP) is 2.55. The van der Waals surface area contributed by atoms with Crippen molar-refractivity contribution in [1.29, 1.82) is 0 Å². The maximum Gasteiger partial charge on any atom is 0.0501 e. The number of hydrogen-bond acceptors (Lipinski definition) is 1. The monoisotopic (exact) mass is 175 g/mol. The third-order valence-electron chi connectivity index (χ3n) is 2.24. The highest BCUT2D eigenvalue weighted by molar-refractivity contribution is 5.30. The first kappa shape index (κ1) is 10.0. The van der Waals surface area contributed by atoms with Crippen LogP contribution >= 0.6 is 0 Å². The topological polar surface area (TPSA) is 3.24 Å². The minimum Gasteiger partial charge on any atom is -0.286 e. The summed E-state index contributed by atoms with van der Waals surface area (Å²) < 4.78 is 0. The molecule has 13 heavy (non-hydrogen) atoms.